The SMILES string of the molecule is NNC(=O)N(N)OCc1ccccc1. The van der Waals surface area contributed by atoms with E-state index in [9.17, 15) is 4.79 Å². The molecule has 0 atom stereocenters. The third-order valence-corrected chi connectivity index (χ3v) is 1.54. The molecule has 1 rings (SSSR count). The predicted octanol–water partition coefficient (Wildman–Crippen LogP) is -0.123. The first-order chi connectivity index (χ1) is 6.74. The maximum atomic E-state index is 10.8. The molecule has 0 unspecified atom stereocenters. The Morgan fingerprint density at radius 2 is 2.07 bits per heavy atom. The van der Waals surface area contributed by atoms with Crippen molar-refractivity contribution in [2.75, 3.05) is 0 Å². The van der Waals surface area contributed by atoms with E-state index >= 15 is 0 Å². The molecule has 1 aromatic carbocycles. The molecule has 0 radical (unpaired) electrons. The van der Waals surface area contributed by atoms with E-state index < -0.39 is 6.03 Å². The Morgan fingerprint density at radius 3 is 2.64 bits per heavy atom. The minimum Gasteiger partial charge on any atom is -0.273 e. The largest absolute Gasteiger partial charge is 0.370 e. The van der Waals surface area contributed by atoms with Gasteiger partial charge in [-0.25, -0.2) is 21.3 Å². The first-order valence-electron chi connectivity index (χ1n) is 3.96. The highest BCUT2D eigenvalue weighted by atomic mass is 16.7. The van der Waals surface area contributed by atoms with Crippen LogP contribution in [-0.2, 0) is 11.4 Å². The zero-order valence-corrected chi connectivity index (χ0v) is 7.51. The Morgan fingerprint density at radius 1 is 1.43 bits per heavy atom. The lowest BCUT2D eigenvalue weighted by atomic mass is 10.2. The predicted molar refractivity (Wildman–Crippen MR) is 50.0 cm³/mol. The Labute approximate surface area is 81.3 Å². The van der Waals surface area contributed by atoms with Crippen molar-refractivity contribution in [3.63, 3.8) is 0 Å². The summed E-state index contributed by atoms with van der Waals surface area (Å²) in [5, 5.41) is 0.549. The van der Waals surface area contributed by atoms with Crippen LogP contribution < -0.4 is 17.1 Å². The van der Waals surface area contributed by atoms with Gasteiger partial charge in [-0.3, -0.25) is 5.43 Å². The number of carbonyl (C=O) groups is 1. The first kappa shape index (κ1) is 10.5. The van der Waals surface area contributed by atoms with Crippen LogP contribution in [0, 0.1) is 0 Å². The molecule has 14 heavy (non-hydrogen) atoms. The Hall–Kier alpha value is -1.63. The molecule has 5 N–H and O–H groups in total. The molecule has 76 valence electrons. The average Bonchev–Trinajstić information content (AvgIpc) is 2.26. The second-order valence-corrected chi connectivity index (χ2v) is 2.53. The molecular weight excluding hydrogens is 184 g/mol. The fourth-order valence-corrected chi connectivity index (χ4v) is 0.841. The number of amides is 2. The Balaban J connectivity index is 2.38. The molecule has 0 aliphatic rings. The van der Waals surface area contributed by atoms with E-state index in [-0.39, 0.29) is 6.61 Å². The molecule has 0 fully saturated rings. The quantitative estimate of drug-likeness (QED) is 0.357. The number of urea groups is 1. The first-order valence-corrected chi connectivity index (χ1v) is 3.96. The summed E-state index contributed by atoms with van der Waals surface area (Å²) in [5.74, 6) is 10.0. The second kappa shape index (κ2) is 5.18. The zero-order chi connectivity index (χ0) is 10.4. The highest BCUT2D eigenvalue weighted by molar-refractivity contribution is 5.71. The summed E-state index contributed by atoms with van der Waals surface area (Å²) < 4.78 is 0. The molecular formula is C8H12N4O2. The molecule has 6 nitrogen and oxygen atoms in total. The van der Waals surface area contributed by atoms with E-state index in [2.05, 4.69) is 0 Å². The number of nitrogens with zero attached hydrogens (tertiary/aromatic N) is 1. The average molecular weight is 196 g/mol. The van der Waals surface area contributed by atoms with E-state index in [0.29, 0.717) is 5.17 Å². The van der Waals surface area contributed by atoms with Gasteiger partial charge in [-0.2, -0.15) is 0 Å². The van der Waals surface area contributed by atoms with Crippen molar-refractivity contribution in [3.8, 4) is 0 Å². The van der Waals surface area contributed by atoms with Gasteiger partial charge in [0.25, 0.3) is 0 Å². The van der Waals surface area contributed by atoms with Gasteiger partial charge in [0.05, 0.1) is 0 Å². The van der Waals surface area contributed by atoms with E-state index in [1.807, 2.05) is 35.8 Å². The third-order valence-electron chi connectivity index (χ3n) is 1.54. The van der Waals surface area contributed by atoms with E-state index in [0.717, 1.165) is 5.56 Å². The standard InChI is InChI=1S/C8H12N4O2/c9-11-8(13)12(10)14-6-7-4-2-1-3-5-7/h1-5H,6,9-10H2,(H,11,13). The number of nitrogens with one attached hydrogen (secondary N) is 1. The van der Waals surface area contributed by atoms with E-state index in [4.69, 9.17) is 16.5 Å². The second-order valence-electron chi connectivity index (χ2n) is 2.53. The number of hydrogen-bond donors (Lipinski definition) is 3. The highest BCUT2D eigenvalue weighted by Gasteiger charge is 2.06. The van der Waals surface area contributed by atoms with Crippen LogP contribution in [0.25, 0.3) is 0 Å². The van der Waals surface area contributed by atoms with Gasteiger partial charge in [0, 0.05) is 0 Å². The number of carbonyl (C=O) groups excluding carboxylic acids is 1. The molecule has 0 aliphatic heterocycles. The van der Waals surface area contributed by atoms with Gasteiger partial charge in [-0.15, -0.1) is 5.17 Å². The van der Waals surface area contributed by atoms with Gasteiger partial charge < -0.3 is 0 Å². The van der Waals surface area contributed by atoms with Crippen LogP contribution in [0.4, 0.5) is 4.79 Å². The summed E-state index contributed by atoms with van der Waals surface area (Å²) in [4.78, 5) is 15.7. The van der Waals surface area contributed by atoms with E-state index in [1.165, 1.54) is 0 Å². The van der Waals surface area contributed by atoms with Crippen LogP contribution in [-0.4, -0.2) is 11.2 Å². The minimum atomic E-state index is -0.707. The topological polar surface area (TPSA) is 93.6 Å². The lowest BCUT2D eigenvalue weighted by molar-refractivity contribution is -0.130. The van der Waals surface area contributed by atoms with Crippen molar-refractivity contribution in [2.45, 2.75) is 6.61 Å². The van der Waals surface area contributed by atoms with Crippen molar-refractivity contribution in [1.29, 1.82) is 0 Å². The molecule has 1 aromatic rings. The number of hydrogen-bond acceptors (Lipinski definition) is 4. The highest BCUT2D eigenvalue weighted by Crippen LogP contribution is 2.00. The number of hydroxylamine groups is 1. The maximum Gasteiger partial charge on any atom is 0.370 e. The molecule has 0 heterocycles. The summed E-state index contributed by atoms with van der Waals surface area (Å²) in [6.45, 7) is 0.213. The monoisotopic (exact) mass is 196 g/mol. The van der Waals surface area contributed by atoms with Crippen LogP contribution in [0.5, 0.6) is 0 Å². The van der Waals surface area contributed by atoms with Gasteiger partial charge in [0.2, 0.25) is 0 Å². The lowest BCUT2D eigenvalue weighted by Gasteiger charge is -2.14. The molecule has 0 bridgehead atoms. The third kappa shape index (κ3) is 3.02. The fraction of sp³-hybridized carbons (Fsp3) is 0.125. The molecule has 0 aliphatic carbocycles. The van der Waals surface area contributed by atoms with Crippen molar-refractivity contribution >= 4 is 6.03 Å². The summed E-state index contributed by atoms with van der Waals surface area (Å²) in [7, 11) is 0. The number of rotatable bonds is 3. The minimum absolute atomic E-state index is 0.213. The van der Waals surface area contributed by atoms with Crippen molar-refractivity contribution in [2.24, 2.45) is 11.7 Å². The van der Waals surface area contributed by atoms with Crippen LogP contribution in [0.2, 0.25) is 0 Å². The lowest BCUT2D eigenvalue weighted by Crippen LogP contribution is -2.47. The van der Waals surface area contributed by atoms with E-state index in [1.54, 1.807) is 0 Å². The van der Waals surface area contributed by atoms with Crippen molar-refractivity contribution < 1.29 is 9.63 Å². The van der Waals surface area contributed by atoms with Gasteiger partial charge in [-0.1, -0.05) is 30.3 Å². The van der Waals surface area contributed by atoms with Gasteiger partial charge >= 0.3 is 6.03 Å². The van der Waals surface area contributed by atoms with Crippen LogP contribution in [0.3, 0.4) is 0 Å². The maximum absolute atomic E-state index is 10.8. The fourth-order valence-electron chi connectivity index (χ4n) is 0.841. The zero-order valence-electron chi connectivity index (χ0n) is 7.51. The normalized spacial score (nSPS) is 9.57. The van der Waals surface area contributed by atoms with Crippen LogP contribution in [0.1, 0.15) is 5.56 Å². The summed E-state index contributed by atoms with van der Waals surface area (Å²) in [6.07, 6.45) is 0. The van der Waals surface area contributed by atoms with Crippen LogP contribution in [0.15, 0.2) is 30.3 Å². The van der Waals surface area contributed by atoms with Crippen LogP contribution >= 0.6 is 0 Å². The summed E-state index contributed by atoms with van der Waals surface area (Å²) in [5.41, 5.74) is 2.75. The summed E-state index contributed by atoms with van der Waals surface area (Å²) >= 11 is 0. The Kier molecular flexibility index (Phi) is 3.86. The molecule has 2 amide bonds. The smallest absolute Gasteiger partial charge is 0.273 e. The molecule has 6 heteroatoms. The number of hydrazine groups is 2. The van der Waals surface area contributed by atoms with Gasteiger partial charge in [-0.05, 0) is 5.56 Å². The summed E-state index contributed by atoms with van der Waals surface area (Å²) in [6, 6.07) is 8.62. The van der Waals surface area contributed by atoms with Gasteiger partial charge in [0.15, 0.2) is 0 Å². The number of benzene rings is 1. The van der Waals surface area contributed by atoms with Gasteiger partial charge in [0.1, 0.15) is 6.61 Å². The molecule has 0 saturated heterocycles. The molecule has 0 aromatic heterocycles. The molecule has 0 spiro atoms. The van der Waals surface area contributed by atoms with Crippen molar-refractivity contribution in [1.82, 2.24) is 10.6 Å². The number of nitrogens with two attached hydrogens (primary N) is 2. The molecule has 0 saturated carbocycles. The Bertz CT molecular complexity index is 291. The van der Waals surface area contributed by atoms with Crippen molar-refractivity contribution in [3.05, 3.63) is 35.9 Å².